The molecule has 2 heterocycles. The average molecular weight is 220 g/mol. The Hall–Kier alpha value is -1.07. The van der Waals surface area contributed by atoms with E-state index in [1.165, 1.54) is 0 Å². The maximum Gasteiger partial charge on any atom is 0.376 e. The summed E-state index contributed by atoms with van der Waals surface area (Å²) in [6, 6.07) is 1.98. The van der Waals surface area contributed by atoms with Crippen molar-refractivity contribution in [2.75, 3.05) is 13.1 Å². The van der Waals surface area contributed by atoms with Crippen LogP contribution in [0, 0.1) is 6.92 Å². The van der Waals surface area contributed by atoms with Crippen LogP contribution < -0.4 is 4.74 Å². The summed E-state index contributed by atoms with van der Waals surface area (Å²) in [4.78, 5) is 6.10. The molecule has 0 aliphatic carbocycles. The number of aromatic nitrogens is 1. The van der Waals surface area contributed by atoms with Gasteiger partial charge < -0.3 is 14.6 Å². The second-order valence-corrected chi connectivity index (χ2v) is 4.35. The van der Waals surface area contributed by atoms with E-state index in [-0.39, 0.29) is 13.2 Å². The molecule has 16 heavy (non-hydrogen) atoms. The van der Waals surface area contributed by atoms with E-state index in [1.54, 1.807) is 13.0 Å². The lowest BCUT2D eigenvalue weighted by Gasteiger charge is -2.17. The molecular weight excluding hydrogens is 203 g/mol. The summed E-state index contributed by atoms with van der Waals surface area (Å²) in [5.41, 5.74) is 1.10. The van der Waals surface area contributed by atoms with Gasteiger partial charge in [0.15, 0.2) is 0 Å². The fourth-order valence-electron chi connectivity index (χ4n) is 1.97. The molecule has 1 aromatic rings. The van der Waals surface area contributed by atoms with E-state index in [4.69, 9.17) is 4.74 Å². The van der Waals surface area contributed by atoms with Crippen LogP contribution in [0.1, 0.15) is 12.0 Å². The summed E-state index contributed by atoms with van der Waals surface area (Å²) in [5.74, 6) is 0.817. The number of aryl methyl sites for hydroxylation is 1. The van der Waals surface area contributed by atoms with Gasteiger partial charge in [0.25, 0.3) is 0 Å². The first-order valence-electron chi connectivity index (χ1n) is 5.65. The molecule has 1 aliphatic heterocycles. The maximum absolute atomic E-state index is 9.44. The van der Waals surface area contributed by atoms with E-state index in [0.717, 1.165) is 30.8 Å². The van der Waals surface area contributed by atoms with Crippen molar-refractivity contribution >= 4 is 7.05 Å². The molecule has 1 aliphatic rings. The fourth-order valence-corrected chi connectivity index (χ4v) is 1.97. The third kappa shape index (κ3) is 2.74. The van der Waals surface area contributed by atoms with Crippen molar-refractivity contribution in [3.63, 3.8) is 0 Å². The predicted octanol–water partition coefficient (Wildman–Crippen LogP) is 0.953. The lowest BCUT2D eigenvalue weighted by atomic mass is 9.86. The molecule has 0 bridgehead atoms. The van der Waals surface area contributed by atoms with Gasteiger partial charge in [-0.25, -0.2) is 0 Å². The van der Waals surface area contributed by atoms with Crippen LogP contribution in [0.2, 0.25) is 6.82 Å². The normalized spacial score (nSPS) is 21.1. The number of rotatable bonds is 3. The Morgan fingerprint density at radius 1 is 1.56 bits per heavy atom. The van der Waals surface area contributed by atoms with Gasteiger partial charge in [-0.2, -0.15) is 0 Å². The minimum Gasteiger partial charge on any atom is -0.487 e. The highest BCUT2D eigenvalue weighted by molar-refractivity contribution is 6.45. The van der Waals surface area contributed by atoms with Crippen molar-refractivity contribution in [1.29, 1.82) is 0 Å². The van der Waals surface area contributed by atoms with Crippen molar-refractivity contribution in [3.8, 4) is 5.75 Å². The van der Waals surface area contributed by atoms with Crippen LogP contribution in [-0.2, 0) is 0 Å². The average Bonchev–Trinajstić information content (AvgIpc) is 2.66. The SMILES string of the molecule is CB(O)N1CC[C@@H](Oc2cncc(C)c2)C1. The number of ether oxygens (including phenoxy) is 1. The molecule has 0 amide bonds. The second kappa shape index (κ2) is 4.85. The number of pyridine rings is 1. The first-order valence-corrected chi connectivity index (χ1v) is 5.65. The molecule has 1 N–H and O–H groups in total. The summed E-state index contributed by atoms with van der Waals surface area (Å²) >= 11 is 0. The van der Waals surface area contributed by atoms with Crippen LogP contribution in [-0.4, -0.2) is 41.1 Å². The Kier molecular flexibility index (Phi) is 3.46. The van der Waals surface area contributed by atoms with Gasteiger partial charge in [-0.3, -0.25) is 4.98 Å². The van der Waals surface area contributed by atoms with Crippen LogP contribution >= 0.6 is 0 Å². The molecule has 0 aromatic carbocycles. The molecule has 0 saturated carbocycles. The molecule has 86 valence electrons. The molecule has 0 spiro atoms. The Bertz CT molecular complexity index is 360. The molecule has 0 radical (unpaired) electrons. The molecule has 0 unspecified atom stereocenters. The van der Waals surface area contributed by atoms with E-state index in [1.807, 2.05) is 24.0 Å². The van der Waals surface area contributed by atoms with Gasteiger partial charge in [-0.05, 0) is 38.3 Å². The van der Waals surface area contributed by atoms with Gasteiger partial charge in [-0.1, -0.05) is 0 Å². The third-order valence-corrected chi connectivity index (χ3v) is 2.86. The fraction of sp³-hybridized carbons (Fsp3) is 0.545. The van der Waals surface area contributed by atoms with Gasteiger partial charge in [0.1, 0.15) is 11.9 Å². The van der Waals surface area contributed by atoms with E-state index in [9.17, 15) is 5.02 Å². The lowest BCUT2D eigenvalue weighted by molar-refractivity contribution is 0.212. The summed E-state index contributed by atoms with van der Waals surface area (Å²) in [5, 5.41) is 9.44. The van der Waals surface area contributed by atoms with Crippen molar-refractivity contribution in [2.24, 2.45) is 0 Å². The van der Waals surface area contributed by atoms with Crippen molar-refractivity contribution in [2.45, 2.75) is 26.3 Å². The monoisotopic (exact) mass is 220 g/mol. The highest BCUT2D eigenvalue weighted by Crippen LogP contribution is 2.18. The first kappa shape index (κ1) is 11.4. The predicted molar refractivity (Wildman–Crippen MR) is 63.4 cm³/mol. The molecule has 4 nitrogen and oxygen atoms in total. The zero-order valence-corrected chi connectivity index (χ0v) is 9.76. The van der Waals surface area contributed by atoms with Crippen LogP contribution in [0.25, 0.3) is 0 Å². The highest BCUT2D eigenvalue weighted by atomic mass is 16.5. The summed E-state index contributed by atoms with van der Waals surface area (Å²) < 4.78 is 5.82. The molecule has 1 aromatic heterocycles. The summed E-state index contributed by atoms with van der Waals surface area (Å²) in [6.07, 6.45) is 4.67. The number of hydrogen-bond acceptors (Lipinski definition) is 4. The maximum atomic E-state index is 9.44. The molecular formula is C11H17BN2O2. The molecule has 2 rings (SSSR count). The lowest BCUT2D eigenvalue weighted by Crippen LogP contribution is -2.36. The van der Waals surface area contributed by atoms with E-state index in [2.05, 4.69) is 4.98 Å². The summed E-state index contributed by atoms with van der Waals surface area (Å²) in [7, 11) is -0.385. The minimum atomic E-state index is -0.385. The zero-order valence-electron chi connectivity index (χ0n) is 9.76. The van der Waals surface area contributed by atoms with E-state index in [0.29, 0.717) is 0 Å². The van der Waals surface area contributed by atoms with Gasteiger partial charge in [0.05, 0.1) is 6.20 Å². The topological polar surface area (TPSA) is 45.6 Å². The largest absolute Gasteiger partial charge is 0.487 e. The van der Waals surface area contributed by atoms with Gasteiger partial charge >= 0.3 is 7.05 Å². The quantitative estimate of drug-likeness (QED) is 0.770. The molecule has 5 heteroatoms. The standard InChI is InChI=1S/C11H17BN2O2/c1-9-5-11(7-13-6-9)16-10-3-4-14(8-10)12(2)15/h5-7,10,15H,3-4,8H2,1-2H3/t10-/m1/s1. The first-order chi connectivity index (χ1) is 7.65. The van der Waals surface area contributed by atoms with Crippen LogP contribution in [0.4, 0.5) is 0 Å². The van der Waals surface area contributed by atoms with E-state index < -0.39 is 0 Å². The Balaban J connectivity index is 1.92. The zero-order chi connectivity index (χ0) is 11.5. The summed E-state index contributed by atoms with van der Waals surface area (Å²) in [6.45, 7) is 5.46. The molecule has 1 fully saturated rings. The Labute approximate surface area is 96.4 Å². The van der Waals surface area contributed by atoms with Gasteiger partial charge in [0.2, 0.25) is 0 Å². The van der Waals surface area contributed by atoms with Gasteiger partial charge in [0, 0.05) is 12.7 Å². The second-order valence-electron chi connectivity index (χ2n) is 4.35. The third-order valence-electron chi connectivity index (χ3n) is 2.86. The van der Waals surface area contributed by atoms with Crippen molar-refractivity contribution < 1.29 is 9.76 Å². The Morgan fingerprint density at radius 2 is 2.38 bits per heavy atom. The van der Waals surface area contributed by atoms with Gasteiger partial charge in [-0.15, -0.1) is 0 Å². The molecule has 1 saturated heterocycles. The van der Waals surface area contributed by atoms with Crippen molar-refractivity contribution in [1.82, 2.24) is 9.79 Å². The minimum absolute atomic E-state index is 0.165. The number of hydrogen-bond donors (Lipinski definition) is 1. The number of nitrogens with zero attached hydrogens (tertiary/aromatic N) is 2. The smallest absolute Gasteiger partial charge is 0.376 e. The van der Waals surface area contributed by atoms with Crippen LogP contribution in [0.15, 0.2) is 18.5 Å². The van der Waals surface area contributed by atoms with Crippen LogP contribution in [0.5, 0.6) is 5.75 Å². The van der Waals surface area contributed by atoms with E-state index >= 15 is 0 Å². The molecule has 1 atom stereocenters. The highest BCUT2D eigenvalue weighted by Gasteiger charge is 2.28. The Morgan fingerprint density at radius 3 is 3.00 bits per heavy atom. The van der Waals surface area contributed by atoms with Crippen molar-refractivity contribution in [3.05, 3.63) is 24.0 Å². The van der Waals surface area contributed by atoms with Crippen LogP contribution in [0.3, 0.4) is 0 Å².